The number of ether oxygens (including phenoxy) is 2. The van der Waals surface area contributed by atoms with Crippen molar-refractivity contribution in [3.63, 3.8) is 0 Å². The highest BCUT2D eigenvalue weighted by molar-refractivity contribution is 5.42. The number of nitrogens with zero attached hydrogens (tertiary/aromatic N) is 1. The van der Waals surface area contributed by atoms with E-state index < -0.39 is 0 Å². The molecule has 90 valence electrons. The van der Waals surface area contributed by atoms with Crippen molar-refractivity contribution >= 4 is 5.69 Å². The van der Waals surface area contributed by atoms with Gasteiger partial charge in [0.05, 0.1) is 25.5 Å². The number of rotatable bonds is 8. The second kappa shape index (κ2) is 8.07. The van der Waals surface area contributed by atoms with Gasteiger partial charge in [-0.25, -0.2) is 0 Å². The van der Waals surface area contributed by atoms with Crippen LogP contribution in [0.1, 0.15) is 19.5 Å². The van der Waals surface area contributed by atoms with Crippen LogP contribution in [0.25, 0.3) is 0 Å². The van der Waals surface area contributed by atoms with Crippen molar-refractivity contribution < 1.29 is 9.47 Å². The number of hydrogen-bond acceptors (Lipinski definition) is 4. The van der Waals surface area contributed by atoms with Crippen LogP contribution in [0.5, 0.6) is 0 Å². The van der Waals surface area contributed by atoms with Crippen molar-refractivity contribution in [2.75, 3.05) is 31.7 Å². The summed E-state index contributed by atoms with van der Waals surface area (Å²) in [6, 6.07) is 3.96. The van der Waals surface area contributed by atoms with Gasteiger partial charge in [0.25, 0.3) is 0 Å². The Balaban J connectivity index is 2.27. The third-order valence-corrected chi connectivity index (χ3v) is 2.02. The van der Waals surface area contributed by atoms with Gasteiger partial charge in [-0.3, -0.25) is 4.98 Å². The van der Waals surface area contributed by atoms with Crippen LogP contribution in [-0.4, -0.2) is 31.3 Å². The van der Waals surface area contributed by atoms with Gasteiger partial charge in [0, 0.05) is 25.0 Å². The normalized spacial score (nSPS) is 10.4. The van der Waals surface area contributed by atoms with Crippen molar-refractivity contribution in [2.45, 2.75) is 20.5 Å². The Morgan fingerprint density at radius 1 is 1.25 bits per heavy atom. The summed E-state index contributed by atoms with van der Waals surface area (Å²) in [6.45, 7) is 7.48. The second-order valence-corrected chi connectivity index (χ2v) is 3.32. The van der Waals surface area contributed by atoms with E-state index in [1.807, 2.05) is 19.1 Å². The van der Waals surface area contributed by atoms with Crippen LogP contribution in [-0.2, 0) is 16.1 Å². The van der Waals surface area contributed by atoms with Crippen LogP contribution in [0.4, 0.5) is 5.69 Å². The summed E-state index contributed by atoms with van der Waals surface area (Å²) in [5.74, 6) is 0. The van der Waals surface area contributed by atoms with E-state index in [9.17, 15) is 0 Å². The van der Waals surface area contributed by atoms with Crippen LogP contribution in [0.3, 0.4) is 0 Å². The molecule has 4 nitrogen and oxygen atoms in total. The van der Waals surface area contributed by atoms with Gasteiger partial charge >= 0.3 is 0 Å². The van der Waals surface area contributed by atoms with Gasteiger partial charge in [0.15, 0.2) is 0 Å². The van der Waals surface area contributed by atoms with Crippen molar-refractivity contribution in [2.24, 2.45) is 0 Å². The molecule has 0 bridgehead atoms. The van der Waals surface area contributed by atoms with Gasteiger partial charge in [0.2, 0.25) is 0 Å². The van der Waals surface area contributed by atoms with Crippen LogP contribution < -0.4 is 5.32 Å². The predicted octanol–water partition coefficient (Wildman–Crippen LogP) is 2.07. The third kappa shape index (κ3) is 5.09. The quantitative estimate of drug-likeness (QED) is 0.686. The van der Waals surface area contributed by atoms with E-state index in [0.29, 0.717) is 19.8 Å². The zero-order valence-electron chi connectivity index (χ0n) is 10.0. The average Bonchev–Trinajstić information content (AvgIpc) is 2.30. The lowest BCUT2D eigenvalue weighted by atomic mass is 10.3. The van der Waals surface area contributed by atoms with E-state index in [-0.39, 0.29) is 0 Å². The molecule has 0 aliphatic rings. The van der Waals surface area contributed by atoms with Gasteiger partial charge in [-0.15, -0.1) is 0 Å². The Morgan fingerprint density at radius 3 is 2.81 bits per heavy atom. The second-order valence-electron chi connectivity index (χ2n) is 3.32. The largest absolute Gasteiger partial charge is 0.385 e. The number of anilines is 1. The summed E-state index contributed by atoms with van der Waals surface area (Å²) < 4.78 is 10.6. The highest BCUT2D eigenvalue weighted by Crippen LogP contribution is 2.08. The molecule has 0 spiro atoms. The van der Waals surface area contributed by atoms with Crippen molar-refractivity contribution in [1.29, 1.82) is 0 Å². The molecule has 0 saturated carbocycles. The lowest BCUT2D eigenvalue weighted by Crippen LogP contribution is -2.05. The van der Waals surface area contributed by atoms with E-state index in [4.69, 9.17) is 9.47 Å². The molecule has 0 amide bonds. The molecule has 1 rings (SSSR count). The predicted molar refractivity (Wildman–Crippen MR) is 64.5 cm³/mol. The van der Waals surface area contributed by atoms with Crippen LogP contribution in [0.2, 0.25) is 0 Å². The lowest BCUT2D eigenvalue weighted by Gasteiger charge is -2.06. The summed E-state index contributed by atoms with van der Waals surface area (Å²) in [7, 11) is 0. The molecule has 0 aliphatic heterocycles. The average molecular weight is 224 g/mol. The Bertz CT molecular complexity index is 292. The van der Waals surface area contributed by atoms with Crippen molar-refractivity contribution in [1.82, 2.24) is 4.98 Å². The van der Waals surface area contributed by atoms with Gasteiger partial charge in [-0.1, -0.05) is 0 Å². The van der Waals surface area contributed by atoms with Crippen molar-refractivity contribution in [3.8, 4) is 0 Å². The molecule has 0 radical (unpaired) electrons. The first kappa shape index (κ1) is 12.9. The first-order valence-electron chi connectivity index (χ1n) is 5.71. The van der Waals surface area contributed by atoms with E-state index in [0.717, 1.165) is 24.5 Å². The molecule has 0 fully saturated rings. The SMILES string of the molecule is CCNc1ccnc(COCCOCC)c1. The lowest BCUT2D eigenvalue weighted by molar-refractivity contribution is 0.0441. The number of hydrogen-bond donors (Lipinski definition) is 1. The molecule has 1 aromatic rings. The first-order valence-corrected chi connectivity index (χ1v) is 5.71. The minimum atomic E-state index is 0.534. The number of pyridine rings is 1. The standard InChI is InChI=1S/C12H20N2O2/c1-3-13-11-5-6-14-12(9-11)10-16-8-7-15-4-2/h5-6,9H,3-4,7-8,10H2,1-2H3,(H,13,14). The van der Waals surface area contributed by atoms with E-state index in [1.54, 1.807) is 6.20 Å². The fourth-order valence-electron chi connectivity index (χ4n) is 1.31. The van der Waals surface area contributed by atoms with Crippen molar-refractivity contribution in [3.05, 3.63) is 24.0 Å². The zero-order valence-corrected chi connectivity index (χ0v) is 10.0. The molecule has 0 aliphatic carbocycles. The summed E-state index contributed by atoms with van der Waals surface area (Å²) in [4.78, 5) is 4.23. The minimum Gasteiger partial charge on any atom is -0.385 e. The minimum absolute atomic E-state index is 0.534. The van der Waals surface area contributed by atoms with Crippen LogP contribution in [0.15, 0.2) is 18.3 Å². The van der Waals surface area contributed by atoms with Gasteiger partial charge in [-0.05, 0) is 26.0 Å². The fourth-order valence-corrected chi connectivity index (χ4v) is 1.31. The summed E-state index contributed by atoms with van der Waals surface area (Å²) in [5.41, 5.74) is 2.02. The smallest absolute Gasteiger partial charge is 0.0889 e. The first-order chi connectivity index (χ1) is 7.86. The Hall–Kier alpha value is -1.13. The topological polar surface area (TPSA) is 43.4 Å². The maximum absolute atomic E-state index is 5.44. The van der Waals surface area contributed by atoms with Gasteiger partial charge in [0.1, 0.15) is 0 Å². The maximum Gasteiger partial charge on any atom is 0.0889 e. The third-order valence-electron chi connectivity index (χ3n) is 2.02. The summed E-state index contributed by atoms with van der Waals surface area (Å²) >= 11 is 0. The summed E-state index contributed by atoms with van der Waals surface area (Å²) in [5, 5.41) is 3.24. The molecule has 0 saturated heterocycles. The van der Waals surface area contributed by atoms with Crippen LogP contribution in [0, 0.1) is 0 Å². The molecule has 16 heavy (non-hydrogen) atoms. The Morgan fingerprint density at radius 2 is 2.06 bits per heavy atom. The molecular weight excluding hydrogens is 204 g/mol. The Labute approximate surface area is 97.0 Å². The molecule has 1 aromatic heterocycles. The number of aromatic nitrogens is 1. The molecule has 0 aromatic carbocycles. The van der Waals surface area contributed by atoms with E-state index >= 15 is 0 Å². The van der Waals surface area contributed by atoms with E-state index in [2.05, 4.69) is 17.2 Å². The fraction of sp³-hybridized carbons (Fsp3) is 0.583. The number of nitrogens with one attached hydrogen (secondary N) is 1. The van der Waals surface area contributed by atoms with Gasteiger partial charge in [-0.2, -0.15) is 0 Å². The molecule has 0 atom stereocenters. The van der Waals surface area contributed by atoms with Crippen LogP contribution >= 0.6 is 0 Å². The molecule has 0 unspecified atom stereocenters. The molecular formula is C12H20N2O2. The Kier molecular flexibility index (Phi) is 6.53. The van der Waals surface area contributed by atoms with Gasteiger partial charge < -0.3 is 14.8 Å². The molecule has 1 N–H and O–H groups in total. The highest BCUT2D eigenvalue weighted by Gasteiger charge is 1.97. The highest BCUT2D eigenvalue weighted by atomic mass is 16.5. The molecule has 1 heterocycles. The monoisotopic (exact) mass is 224 g/mol. The molecule has 4 heteroatoms. The summed E-state index contributed by atoms with van der Waals surface area (Å²) in [6.07, 6.45) is 1.79. The zero-order chi connectivity index (χ0) is 11.6. The van der Waals surface area contributed by atoms with E-state index in [1.165, 1.54) is 0 Å². The maximum atomic E-state index is 5.44.